The maximum Gasteiger partial charge on any atom is 0.252 e. The van der Waals surface area contributed by atoms with Crippen LogP contribution < -0.4 is 10.3 Å². The fourth-order valence-electron chi connectivity index (χ4n) is 4.00. The monoisotopic (exact) mass is 426 g/mol. The quantitative estimate of drug-likeness (QED) is 0.620. The van der Waals surface area contributed by atoms with Crippen LogP contribution in [0, 0.1) is 0 Å². The Morgan fingerprint density at radius 3 is 2.84 bits per heavy atom. The van der Waals surface area contributed by atoms with Gasteiger partial charge in [-0.05, 0) is 68.3 Å². The van der Waals surface area contributed by atoms with Gasteiger partial charge < -0.3 is 14.5 Å². The van der Waals surface area contributed by atoms with Crippen molar-refractivity contribution in [2.75, 3.05) is 20.3 Å². The fourth-order valence-corrected chi connectivity index (χ4v) is 4.00. The van der Waals surface area contributed by atoms with E-state index in [1.54, 1.807) is 7.11 Å². The summed E-state index contributed by atoms with van der Waals surface area (Å²) in [5, 5.41) is 13.2. The molecule has 9 heteroatoms. The Hall–Kier alpha value is -2.78. The summed E-state index contributed by atoms with van der Waals surface area (Å²) in [6.07, 6.45) is 2.24. The molecule has 9 nitrogen and oxygen atoms in total. The van der Waals surface area contributed by atoms with Gasteiger partial charge in [0.15, 0.2) is 5.82 Å². The van der Waals surface area contributed by atoms with E-state index in [1.807, 2.05) is 28.9 Å². The molecular weight excluding hydrogens is 396 g/mol. The van der Waals surface area contributed by atoms with E-state index in [0.29, 0.717) is 25.2 Å². The van der Waals surface area contributed by atoms with Gasteiger partial charge in [0, 0.05) is 36.2 Å². The van der Waals surface area contributed by atoms with Gasteiger partial charge in [-0.1, -0.05) is 0 Å². The molecular formula is C22H30N6O3. The summed E-state index contributed by atoms with van der Waals surface area (Å²) in [4.78, 5) is 18.0. The molecule has 3 aromatic rings. The Labute approximate surface area is 181 Å². The molecule has 1 aliphatic rings. The van der Waals surface area contributed by atoms with Gasteiger partial charge in [-0.3, -0.25) is 9.69 Å². The molecule has 4 rings (SSSR count). The number of ether oxygens (including phenoxy) is 2. The first kappa shape index (κ1) is 21.5. The van der Waals surface area contributed by atoms with E-state index in [4.69, 9.17) is 9.47 Å². The topological polar surface area (TPSA) is 98.2 Å². The van der Waals surface area contributed by atoms with E-state index >= 15 is 0 Å². The van der Waals surface area contributed by atoms with E-state index in [0.717, 1.165) is 41.9 Å². The third kappa shape index (κ3) is 4.94. The number of benzene rings is 1. The van der Waals surface area contributed by atoms with Gasteiger partial charge in [-0.15, -0.1) is 5.10 Å². The van der Waals surface area contributed by atoms with Crippen molar-refractivity contribution in [2.24, 2.45) is 0 Å². The number of methoxy groups -OCH3 is 1. The molecule has 2 aromatic heterocycles. The molecule has 1 atom stereocenters. The van der Waals surface area contributed by atoms with Crippen molar-refractivity contribution in [3.63, 3.8) is 0 Å². The maximum absolute atomic E-state index is 12.8. The number of fused-ring (bicyclic) bond motifs is 1. The van der Waals surface area contributed by atoms with Gasteiger partial charge in [0.25, 0.3) is 5.56 Å². The lowest BCUT2D eigenvalue weighted by molar-refractivity contribution is 0.0657. The number of aromatic amines is 1. The number of nitrogens with one attached hydrogen (secondary N) is 1. The van der Waals surface area contributed by atoms with Gasteiger partial charge in [0.2, 0.25) is 0 Å². The highest BCUT2D eigenvalue weighted by Gasteiger charge is 2.25. The number of hydrogen-bond donors (Lipinski definition) is 1. The van der Waals surface area contributed by atoms with Crippen LogP contribution in [0.25, 0.3) is 10.9 Å². The molecule has 1 N–H and O–H groups in total. The van der Waals surface area contributed by atoms with Gasteiger partial charge in [-0.25, -0.2) is 4.68 Å². The molecule has 1 unspecified atom stereocenters. The zero-order valence-corrected chi connectivity index (χ0v) is 18.6. The number of H-pyrrole nitrogens is 1. The number of pyridine rings is 1. The van der Waals surface area contributed by atoms with Crippen LogP contribution in [-0.2, 0) is 23.4 Å². The normalized spacial score (nSPS) is 17.0. The van der Waals surface area contributed by atoms with Crippen LogP contribution in [0.1, 0.15) is 45.0 Å². The van der Waals surface area contributed by atoms with Gasteiger partial charge in [0.05, 0.1) is 25.3 Å². The first-order valence-corrected chi connectivity index (χ1v) is 10.6. The van der Waals surface area contributed by atoms with Crippen molar-refractivity contribution in [3.8, 4) is 5.75 Å². The van der Waals surface area contributed by atoms with Crippen molar-refractivity contribution in [1.82, 2.24) is 30.1 Å². The number of aromatic nitrogens is 5. The van der Waals surface area contributed by atoms with E-state index in [2.05, 4.69) is 46.2 Å². The molecule has 1 aliphatic heterocycles. The van der Waals surface area contributed by atoms with E-state index < -0.39 is 0 Å². The number of tetrazole rings is 1. The summed E-state index contributed by atoms with van der Waals surface area (Å²) in [6, 6.07) is 7.57. The summed E-state index contributed by atoms with van der Waals surface area (Å²) >= 11 is 0. The number of rotatable bonds is 7. The first-order chi connectivity index (χ1) is 14.8. The Bertz CT molecular complexity index is 1090. The predicted octanol–water partition coefficient (Wildman–Crippen LogP) is 2.46. The van der Waals surface area contributed by atoms with Crippen molar-refractivity contribution in [1.29, 1.82) is 0 Å². The van der Waals surface area contributed by atoms with Gasteiger partial charge >= 0.3 is 0 Å². The summed E-state index contributed by atoms with van der Waals surface area (Å²) in [5.74, 6) is 1.52. The van der Waals surface area contributed by atoms with E-state index in [9.17, 15) is 4.79 Å². The second kappa shape index (κ2) is 8.76. The lowest BCUT2D eigenvalue weighted by Gasteiger charge is -2.26. The first-order valence-electron chi connectivity index (χ1n) is 10.6. The highest BCUT2D eigenvalue weighted by atomic mass is 16.5. The van der Waals surface area contributed by atoms with Crippen LogP contribution in [0.2, 0.25) is 0 Å². The second-order valence-electron chi connectivity index (χ2n) is 9.06. The molecule has 0 radical (unpaired) electrons. The number of hydrogen-bond acceptors (Lipinski definition) is 7. The summed E-state index contributed by atoms with van der Waals surface area (Å²) in [6.45, 7) is 8.70. The minimum Gasteiger partial charge on any atom is -0.497 e. The van der Waals surface area contributed by atoms with Crippen molar-refractivity contribution in [2.45, 2.75) is 58.3 Å². The smallest absolute Gasteiger partial charge is 0.252 e. The molecule has 3 heterocycles. The fraction of sp³-hybridized carbons (Fsp3) is 0.545. The molecule has 0 amide bonds. The lowest BCUT2D eigenvalue weighted by atomic mass is 10.1. The zero-order valence-electron chi connectivity index (χ0n) is 18.6. The minimum atomic E-state index is -0.231. The van der Waals surface area contributed by atoms with E-state index in [-0.39, 0.29) is 17.2 Å². The lowest BCUT2D eigenvalue weighted by Crippen LogP contribution is -2.35. The molecule has 1 aromatic carbocycles. The van der Waals surface area contributed by atoms with Crippen molar-refractivity contribution < 1.29 is 9.47 Å². The second-order valence-corrected chi connectivity index (χ2v) is 9.06. The van der Waals surface area contributed by atoms with Crippen LogP contribution in [-0.4, -0.2) is 56.5 Å². The predicted molar refractivity (Wildman–Crippen MR) is 117 cm³/mol. The van der Waals surface area contributed by atoms with Gasteiger partial charge in [0.1, 0.15) is 5.75 Å². The summed E-state index contributed by atoms with van der Waals surface area (Å²) in [5.41, 5.74) is 1.15. The van der Waals surface area contributed by atoms with Crippen LogP contribution in [0.3, 0.4) is 0 Å². The Kier molecular flexibility index (Phi) is 6.06. The van der Waals surface area contributed by atoms with Crippen molar-refractivity contribution in [3.05, 3.63) is 46.0 Å². The molecule has 166 valence electrons. The third-order valence-electron chi connectivity index (χ3n) is 5.54. The summed E-state index contributed by atoms with van der Waals surface area (Å²) < 4.78 is 13.0. The largest absolute Gasteiger partial charge is 0.497 e. The van der Waals surface area contributed by atoms with Gasteiger partial charge in [-0.2, -0.15) is 0 Å². The average molecular weight is 427 g/mol. The van der Waals surface area contributed by atoms with E-state index in [1.165, 1.54) is 0 Å². The van der Waals surface area contributed by atoms with Crippen LogP contribution in [0.4, 0.5) is 0 Å². The molecule has 1 fully saturated rings. The zero-order chi connectivity index (χ0) is 22.0. The minimum absolute atomic E-state index is 0.0922. The number of nitrogens with zero attached hydrogens (tertiary/aromatic N) is 5. The molecule has 0 bridgehead atoms. The molecule has 0 spiro atoms. The SMILES string of the molecule is COc1ccc2[nH]c(=O)c(CN(Cc3nnnn3C(C)(C)C)CC3CCCO3)cc2c1. The average Bonchev–Trinajstić information content (AvgIpc) is 3.40. The van der Waals surface area contributed by atoms with Crippen LogP contribution in [0.5, 0.6) is 5.75 Å². The Morgan fingerprint density at radius 1 is 1.29 bits per heavy atom. The van der Waals surface area contributed by atoms with Crippen LogP contribution >= 0.6 is 0 Å². The molecule has 0 aliphatic carbocycles. The Morgan fingerprint density at radius 2 is 2.13 bits per heavy atom. The Balaban J connectivity index is 1.63. The van der Waals surface area contributed by atoms with Crippen molar-refractivity contribution >= 4 is 10.9 Å². The molecule has 0 saturated carbocycles. The third-order valence-corrected chi connectivity index (χ3v) is 5.54. The summed E-state index contributed by atoms with van der Waals surface area (Å²) in [7, 11) is 1.64. The highest BCUT2D eigenvalue weighted by Crippen LogP contribution is 2.21. The van der Waals surface area contributed by atoms with Crippen LogP contribution in [0.15, 0.2) is 29.1 Å². The molecule has 31 heavy (non-hydrogen) atoms. The molecule has 1 saturated heterocycles. The standard InChI is InChI=1S/C22H30N6O3/c1-22(2,3)28-20(24-25-26-28)14-27(13-18-6-5-9-31-18)12-16-10-15-11-17(30-4)7-8-19(15)23-21(16)29/h7-8,10-11,18H,5-6,9,12-14H2,1-4H3,(H,23,29). The maximum atomic E-state index is 12.8. The highest BCUT2D eigenvalue weighted by molar-refractivity contribution is 5.80.